The Morgan fingerprint density at radius 3 is 2.17 bits per heavy atom. The molecule has 2 fully saturated rings. The van der Waals surface area contributed by atoms with Crippen molar-refractivity contribution in [3.05, 3.63) is 90.0 Å². The topological polar surface area (TPSA) is 48.9 Å². The van der Waals surface area contributed by atoms with Crippen molar-refractivity contribution in [1.29, 1.82) is 0 Å². The number of ether oxygens (including phenoxy) is 1. The van der Waals surface area contributed by atoms with Crippen LogP contribution in [0.4, 0.5) is 5.13 Å². The van der Waals surface area contributed by atoms with Gasteiger partial charge in [0, 0.05) is 39.3 Å². The first-order chi connectivity index (χ1) is 17.7. The number of carbonyl (C=O) groups excluding carboxylic acids is 1. The van der Waals surface area contributed by atoms with Crippen molar-refractivity contribution in [3.63, 3.8) is 0 Å². The van der Waals surface area contributed by atoms with Crippen LogP contribution in [-0.4, -0.2) is 67.1 Å². The van der Waals surface area contributed by atoms with E-state index in [4.69, 9.17) is 9.72 Å². The molecule has 1 aromatic heterocycles. The Morgan fingerprint density at radius 1 is 0.917 bits per heavy atom. The number of benzene rings is 3. The quantitative estimate of drug-likeness (QED) is 0.387. The maximum Gasteiger partial charge on any atom is 0.229 e. The number of methoxy groups -OCH3 is 1. The van der Waals surface area contributed by atoms with Crippen LogP contribution < -0.4 is 9.64 Å². The fourth-order valence-corrected chi connectivity index (χ4v) is 6.30. The second-order valence-electron chi connectivity index (χ2n) is 9.52. The first-order valence-corrected chi connectivity index (χ1v) is 13.3. The maximum absolute atomic E-state index is 13.3. The van der Waals surface area contributed by atoms with Crippen LogP contribution in [0.2, 0.25) is 0 Å². The van der Waals surface area contributed by atoms with Crippen molar-refractivity contribution in [3.8, 4) is 5.75 Å². The van der Waals surface area contributed by atoms with Crippen LogP contribution in [0, 0.1) is 5.92 Å². The average Bonchev–Trinajstić information content (AvgIpc) is 3.32. The molecule has 184 valence electrons. The summed E-state index contributed by atoms with van der Waals surface area (Å²) in [5, 5.41) is 0.987. The van der Waals surface area contributed by atoms with Crippen LogP contribution >= 0.6 is 11.3 Å². The van der Waals surface area contributed by atoms with Gasteiger partial charge in [0.2, 0.25) is 5.91 Å². The molecule has 0 aliphatic carbocycles. The Kier molecular flexibility index (Phi) is 6.34. The fraction of sp³-hybridized carbons (Fsp3) is 0.310. The molecule has 36 heavy (non-hydrogen) atoms. The van der Waals surface area contributed by atoms with Crippen molar-refractivity contribution < 1.29 is 9.53 Å². The number of piperazine rings is 1. The van der Waals surface area contributed by atoms with Crippen LogP contribution in [0.1, 0.15) is 17.2 Å². The highest BCUT2D eigenvalue weighted by molar-refractivity contribution is 7.22. The fourth-order valence-electron chi connectivity index (χ4n) is 5.29. The highest BCUT2D eigenvalue weighted by Gasteiger charge is 2.38. The predicted molar refractivity (Wildman–Crippen MR) is 145 cm³/mol. The van der Waals surface area contributed by atoms with Crippen molar-refractivity contribution in [2.75, 3.05) is 51.3 Å². The van der Waals surface area contributed by atoms with Gasteiger partial charge in [-0.2, -0.15) is 0 Å². The smallest absolute Gasteiger partial charge is 0.229 e. The van der Waals surface area contributed by atoms with Gasteiger partial charge in [-0.25, -0.2) is 4.98 Å². The molecule has 1 amide bonds. The van der Waals surface area contributed by atoms with Gasteiger partial charge < -0.3 is 14.5 Å². The summed E-state index contributed by atoms with van der Waals surface area (Å²) in [6.07, 6.45) is 0. The zero-order valence-electron chi connectivity index (χ0n) is 20.4. The van der Waals surface area contributed by atoms with Crippen LogP contribution in [0.25, 0.3) is 10.2 Å². The first kappa shape index (κ1) is 23.0. The van der Waals surface area contributed by atoms with Gasteiger partial charge in [0.25, 0.3) is 0 Å². The standard InChI is InChI=1S/C29H30N4O2S/c1-35-24-12-13-25-26(18-24)36-29(30-25)33-19-23(20-33)28(34)32-16-14-31(15-17-32)27(21-8-4-2-5-9-21)22-10-6-3-7-11-22/h2-13,18,23,27H,14-17,19-20H2,1H3. The number of amides is 1. The summed E-state index contributed by atoms with van der Waals surface area (Å²) in [4.78, 5) is 24.8. The Morgan fingerprint density at radius 2 is 1.56 bits per heavy atom. The molecular weight excluding hydrogens is 468 g/mol. The number of fused-ring (bicyclic) bond motifs is 1. The molecule has 6 rings (SSSR count). The minimum absolute atomic E-state index is 0.0529. The average molecular weight is 499 g/mol. The number of carbonyl (C=O) groups is 1. The molecule has 4 aromatic rings. The monoisotopic (exact) mass is 498 g/mol. The second-order valence-corrected chi connectivity index (χ2v) is 10.5. The molecule has 6 nitrogen and oxygen atoms in total. The number of anilines is 1. The van der Waals surface area contributed by atoms with Crippen LogP contribution in [0.5, 0.6) is 5.75 Å². The molecule has 3 heterocycles. The summed E-state index contributed by atoms with van der Waals surface area (Å²) in [6.45, 7) is 4.77. The number of rotatable bonds is 6. The molecule has 0 saturated carbocycles. The third-order valence-corrected chi connectivity index (χ3v) is 8.39. The number of hydrogen-bond acceptors (Lipinski definition) is 6. The summed E-state index contributed by atoms with van der Waals surface area (Å²) in [6, 6.07) is 27.5. The van der Waals surface area contributed by atoms with E-state index in [1.165, 1.54) is 11.1 Å². The van der Waals surface area contributed by atoms with Crippen LogP contribution in [0.15, 0.2) is 78.9 Å². The first-order valence-electron chi connectivity index (χ1n) is 12.5. The van der Waals surface area contributed by atoms with Crippen LogP contribution in [0.3, 0.4) is 0 Å². The summed E-state index contributed by atoms with van der Waals surface area (Å²) in [5.74, 6) is 1.18. The number of aromatic nitrogens is 1. The summed E-state index contributed by atoms with van der Waals surface area (Å²) in [7, 11) is 1.68. The van der Waals surface area contributed by atoms with E-state index >= 15 is 0 Å². The van der Waals surface area contributed by atoms with Gasteiger partial charge in [0.05, 0.1) is 29.3 Å². The lowest BCUT2D eigenvalue weighted by molar-refractivity contribution is -0.138. The Labute approximate surface area is 215 Å². The summed E-state index contributed by atoms with van der Waals surface area (Å²) >= 11 is 1.66. The predicted octanol–water partition coefficient (Wildman–Crippen LogP) is 4.67. The molecule has 0 radical (unpaired) electrons. The van der Waals surface area contributed by atoms with Crippen molar-refractivity contribution in [2.45, 2.75) is 6.04 Å². The maximum atomic E-state index is 13.3. The Bertz CT molecular complexity index is 1290. The van der Waals surface area contributed by atoms with E-state index in [1.54, 1.807) is 18.4 Å². The van der Waals surface area contributed by atoms with Gasteiger partial charge in [0.15, 0.2) is 5.13 Å². The van der Waals surface area contributed by atoms with Gasteiger partial charge >= 0.3 is 0 Å². The molecule has 0 unspecified atom stereocenters. The highest BCUT2D eigenvalue weighted by Crippen LogP contribution is 2.35. The lowest BCUT2D eigenvalue weighted by Crippen LogP contribution is -2.58. The van der Waals surface area contributed by atoms with Gasteiger partial charge in [-0.15, -0.1) is 0 Å². The third kappa shape index (κ3) is 4.45. The molecule has 0 N–H and O–H groups in total. The lowest BCUT2D eigenvalue weighted by Gasteiger charge is -2.44. The van der Waals surface area contributed by atoms with E-state index in [2.05, 4.69) is 75.4 Å². The van der Waals surface area contributed by atoms with Gasteiger partial charge in [-0.3, -0.25) is 9.69 Å². The zero-order valence-corrected chi connectivity index (χ0v) is 21.2. The van der Waals surface area contributed by atoms with E-state index in [1.807, 2.05) is 18.2 Å². The second kappa shape index (κ2) is 9.91. The molecular formula is C29H30N4O2S. The summed E-state index contributed by atoms with van der Waals surface area (Å²) in [5.41, 5.74) is 3.58. The van der Waals surface area contributed by atoms with E-state index in [0.29, 0.717) is 0 Å². The van der Waals surface area contributed by atoms with E-state index < -0.39 is 0 Å². The summed E-state index contributed by atoms with van der Waals surface area (Å²) < 4.78 is 6.44. The molecule has 7 heteroatoms. The minimum Gasteiger partial charge on any atom is -0.497 e. The number of nitrogens with zero attached hydrogens (tertiary/aromatic N) is 4. The Hall–Kier alpha value is -3.42. The lowest BCUT2D eigenvalue weighted by atomic mass is 9.95. The SMILES string of the molecule is COc1ccc2nc(N3CC(C(=O)N4CCN(C(c5ccccc5)c5ccccc5)CC4)C3)sc2c1. The van der Waals surface area contributed by atoms with Crippen molar-refractivity contribution in [1.82, 2.24) is 14.8 Å². The molecule has 3 aromatic carbocycles. The van der Waals surface area contributed by atoms with Crippen molar-refractivity contribution >= 4 is 32.6 Å². The third-order valence-electron chi connectivity index (χ3n) is 7.31. The van der Waals surface area contributed by atoms with Crippen molar-refractivity contribution in [2.24, 2.45) is 5.92 Å². The van der Waals surface area contributed by atoms with Gasteiger partial charge in [-0.1, -0.05) is 72.0 Å². The van der Waals surface area contributed by atoms with Crippen LogP contribution in [-0.2, 0) is 4.79 Å². The highest BCUT2D eigenvalue weighted by atomic mass is 32.1. The van der Waals surface area contributed by atoms with Gasteiger partial charge in [-0.05, 0) is 29.3 Å². The number of thiazole rings is 1. The van der Waals surface area contributed by atoms with E-state index in [0.717, 1.165) is 60.4 Å². The molecule has 2 aliphatic rings. The normalized spacial score (nSPS) is 16.9. The van der Waals surface area contributed by atoms with Gasteiger partial charge in [0.1, 0.15) is 5.75 Å². The molecule has 2 aliphatic heterocycles. The van der Waals surface area contributed by atoms with E-state index in [-0.39, 0.29) is 17.9 Å². The largest absolute Gasteiger partial charge is 0.497 e. The molecule has 0 atom stereocenters. The zero-order chi connectivity index (χ0) is 24.5. The molecule has 0 bridgehead atoms. The molecule has 2 saturated heterocycles. The minimum atomic E-state index is 0.0529. The van der Waals surface area contributed by atoms with E-state index in [9.17, 15) is 4.79 Å². The number of hydrogen-bond donors (Lipinski definition) is 0. The Balaban J connectivity index is 1.08. The molecule has 0 spiro atoms.